The Morgan fingerprint density at radius 2 is 2.23 bits per heavy atom. The maximum Gasteiger partial charge on any atom is 0.317 e. The number of rotatable bonds is 7. The molecule has 3 amide bonds. The highest BCUT2D eigenvalue weighted by atomic mass is 32.1. The highest BCUT2D eigenvalue weighted by Crippen LogP contribution is 2.17. The van der Waals surface area contributed by atoms with E-state index in [1.807, 2.05) is 17.5 Å². The molecule has 2 heterocycles. The van der Waals surface area contributed by atoms with Crippen LogP contribution in [-0.2, 0) is 16.1 Å². The Kier molecular flexibility index (Phi) is 6.67. The molecule has 1 atom stereocenters. The lowest BCUT2D eigenvalue weighted by atomic mass is 10.2. The second kappa shape index (κ2) is 8.75. The van der Waals surface area contributed by atoms with Crippen molar-refractivity contribution in [3.63, 3.8) is 0 Å². The van der Waals surface area contributed by atoms with Crippen molar-refractivity contribution >= 4 is 23.3 Å². The van der Waals surface area contributed by atoms with Crippen LogP contribution in [0.25, 0.3) is 0 Å². The van der Waals surface area contributed by atoms with Gasteiger partial charge in [-0.05, 0) is 24.3 Å². The van der Waals surface area contributed by atoms with Gasteiger partial charge in [0.1, 0.15) is 0 Å². The van der Waals surface area contributed by atoms with E-state index in [4.69, 9.17) is 4.74 Å². The summed E-state index contributed by atoms with van der Waals surface area (Å²) in [4.78, 5) is 26.1. The monoisotopic (exact) mass is 325 g/mol. The first-order chi connectivity index (χ1) is 10.6. The Morgan fingerprint density at radius 3 is 2.86 bits per heavy atom. The average molecular weight is 325 g/mol. The summed E-state index contributed by atoms with van der Waals surface area (Å²) < 4.78 is 5.63. The predicted molar refractivity (Wildman–Crippen MR) is 85.8 cm³/mol. The van der Waals surface area contributed by atoms with E-state index in [2.05, 4.69) is 10.6 Å². The average Bonchev–Trinajstić information content (AvgIpc) is 3.16. The number of nitrogens with zero attached hydrogens (tertiary/aromatic N) is 1. The Morgan fingerprint density at radius 1 is 1.41 bits per heavy atom. The first-order valence-corrected chi connectivity index (χ1v) is 8.44. The number of nitrogens with one attached hydrogen (secondary N) is 2. The third-order valence-corrected chi connectivity index (χ3v) is 4.30. The smallest absolute Gasteiger partial charge is 0.317 e. The van der Waals surface area contributed by atoms with E-state index in [9.17, 15) is 9.59 Å². The van der Waals surface area contributed by atoms with E-state index >= 15 is 0 Å². The molecule has 0 saturated carbocycles. The van der Waals surface area contributed by atoms with Gasteiger partial charge in [-0.3, -0.25) is 4.79 Å². The van der Waals surface area contributed by atoms with Crippen molar-refractivity contribution in [2.45, 2.75) is 32.4 Å². The highest BCUT2D eigenvalue weighted by Gasteiger charge is 2.22. The van der Waals surface area contributed by atoms with Crippen LogP contribution in [0, 0.1) is 0 Å². The highest BCUT2D eigenvalue weighted by molar-refractivity contribution is 7.09. The minimum Gasteiger partial charge on any atom is -0.376 e. The van der Waals surface area contributed by atoms with E-state index in [-0.39, 0.29) is 18.0 Å². The number of hydrogen-bond donors (Lipinski definition) is 2. The zero-order chi connectivity index (χ0) is 15.8. The predicted octanol–water partition coefficient (Wildman–Crippen LogP) is 1.57. The third-order valence-electron chi connectivity index (χ3n) is 3.44. The number of ether oxygens (including phenoxy) is 1. The molecule has 0 bridgehead atoms. The van der Waals surface area contributed by atoms with E-state index in [0.29, 0.717) is 26.2 Å². The molecule has 2 N–H and O–H groups in total. The fourth-order valence-electron chi connectivity index (χ4n) is 2.36. The molecule has 1 unspecified atom stereocenters. The van der Waals surface area contributed by atoms with E-state index < -0.39 is 0 Å². The first kappa shape index (κ1) is 16.8. The van der Waals surface area contributed by atoms with Crippen molar-refractivity contribution in [2.75, 3.05) is 26.2 Å². The number of carbonyl (C=O) groups excluding carboxylic acids is 2. The van der Waals surface area contributed by atoms with Crippen LogP contribution in [-0.4, -0.2) is 49.2 Å². The van der Waals surface area contributed by atoms with Gasteiger partial charge in [0.15, 0.2) is 0 Å². The van der Waals surface area contributed by atoms with Crippen molar-refractivity contribution in [1.29, 1.82) is 0 Å². The van der Waals surface area contributed by atoms with Gasteiger partial charge in [-0.25, -0.2) is 4.79 Å². The van der Waals surface area contributed by atoms with Crippen molar-refractivity contribution in [3.8, 4) is 0 Å². The van der Waals surface area contributed by atoms with Gasteiger partial charge in [-0.1, -0.05) is 6.07 Å². The first-order valence-electron chi connectivity index (χ1n) is 7.56. The molecule has 122 valence electrons. The molecule has 22 heavy (non-hydrogen) atoms. The molecule has 0 spiro atoms. The second-order valence-corrected chi connectivity index (χ2v) is 6.34. The van der Waals surface area contributed by atoms with Crippen LogP contribution in [0.4, 0.5) is 4.79 Å². The lowest BCUT2D eigenvalue weighted by Crippen LogP contribution is -2.45. The molecule has 1 aliphatic rings. The quantitative estimate of drug-likeness (QED) is 0.748. The van der Waals surface area contributed by atoms with Gasteiger partial charge < -0.3 is 20.3 Å². The summed E-state index contributed by atoms with van der Waals surface area (Å²) in [5.74, 6) is -0.0935. The van der Waals surface area contributed by atoms with E-state index in [1.165, 1.54) is 6.92 Å². The summed E-state index contributed by atoms with van der Waals surface area (Å²) in [6.45, 7) is 4.29. The zero-order valence-corrected chi connectivity index (χ0v) is 13.7. The Hall–Kier alpha value is -1.60. The number of carbonyl (C=O) groups is 2. The summed E-state index contributed by atoms with van der Waals surface area (Å²) >= 11 is 1.64. The zero-order valence-electron chi connectivity index (χ0n) is 12.8. The van der Waals surface area contributed by atoms with Gasteiger partial charge in [-0.2, -0.15) is 0 Å². The summed E-state index contributed by atoms with van der Waals surface area (Å²) in [5, 5.41) is 7.52. The maximum absolute atomic E-state index is 12.4. The Balaban J connectivity index is 1.84. The van der Waals surface area contributed by atoms with Crippen LogP contribution in [0.5, 0.6) is 0 Å². The van der Waals surface area contributed by atoms with Crippen molar-refractivity contribution < 1.29 is 14.3 Å². The minimum absolute atomic E-state index is 0.0935. The minimum atomic E-state index is -0.116. The molecule has 0 aromatic carbocycles. The lowest BCUT2D eigenvalue weighted by molar-refractivity contribution is -0.118. The normalized spacial score (nSPS) is 17.2. The van der Waals surface area contributed by atoms with Gasteiger partial charge in [0.25, 0.3) is 0 Å². The molecule has 0 radical (unpaired) electrons. The molecular formula is C15H23N3O3S. The van der Waals surface area contributed by atoms with Gasteiger partial charge in [0, 0.05) is 38.0 Å². The molecule has 2 rings (SSSR count). The number of amides is 3. The second-order valence-electron chi connectivity index (χ2n) is 5.31. The molecule has 7 heteroatoms. The fourth-order valence-corrected chi connectivity index (χ4v) is 3.08. The molecule has 6 nitrogen and oxygen atoms in total. The van der Waals surface area contributed by atoms with E-state index in [1.54, 1.807) is 16.2 Å². The number of thiophene rings is 1. The molecule has 1 aromatic rings. The van der Waals surface area contributed by atoms with Crippen LogP contribution in [0.15, 0.2) is 17.5 Å². The SMILES string of the molecule is CC(=O)NCCNC(=O)N(Cc1cccs1)CC1CCCO1. The van der Waals surface area contributed by atoms with Crippen LogP contribution in [0.3, 0.4) is 0 Å². The maximum atomic E-state index is 12.4. The third kappa shape index (κ3) is 5.65. The molecule has 1 saturated heterocycles. The van der Waals surface area contributed by atoms with Crippen LogP contribution < -0.4 is 10.6 Å². The summed E-state index contributed by atoms with van der Waals surface area (Å²) in [5.41, 5.74) is 0. The van der Waals surface area contributed by atoms with Gasteiger partial charge in [0.2, 0.25) is 5.91 Å². The fraction of sp³-hybridized carbons (Fsp3) is 0.600. The standard InChI is InChI=1S/C15H23N3O3S/c1-12(19)16-6-7-17-15(20)18(10-13-4-2-8-21-13)11-14-5-3-9-22-14/h3,5,9,13H,2,4,6-8,10-11H2,1H3,(H,16,19)(H,17,20). The summed E-state index contributed by atoms with van der Waals surface area (Å²) in [6.07, 6.45) is 2.18. The summed E-state index contributed by atoms with van der Waals surface area (Å²) in [7, 11) is 0. The van der Waals surface area contributed by atoms with Crippen molar-refractivity contribution in [1.82, 2.24) is 15.5 Å². The molecule has 1 aliphatic heterocycles. The molecule has 0 aliphatic carbocycles. The largest absolute Gasteiger partial charge is 0.376 e. The molecular weight excluding hydrogens is 302 g/mol. The van der Waals surface area contributed by atoms with Gasteiger partial charge in [-0.15, -0.1) is 11.3 Å². The lowest BCUT2D eigenvalue weighted by Gasteiger charge is -2.25. The van der Waals surface area contributed by atoms with Crippen LogP contribution >= 0.6 is 11.3 Å². The Bertz CT molecular complexity index is 472. The topological polar surface area (TPSA) is 70.7 Å². The van der Waals surface area contributed by atoms with Gasteiger partial charge in [0.05, 0.1) is 12.6 Å². The molecule has 1 fully saturated rings. The Labute approximate surface area is 134 Å². The van der Waals surface area contributed by atoms with Gasteiger partial charge >= 0.3 is 6.03 Å². The van der Waals surface area contributed by atoms with Crippen LogP contribution in [0.2, 0.25) is 0 Å². The van der Waals surface area contributed by atoms with Crippen molar-refractivity contribution in [3.05, 3.63) is 22.4 Å². The summed E-state index contributed by atoms with van der Waals surface area (Å²) in [6, 6.07) is 3.89. The number of urea groups is 1. The number of hydrogen-bond acceptors (Lipinski definition) is 4. The van der Waals surface area contributed by atoms with Crippen LogP contribution in [0.1, 0.15) is 24.6 Å². The van der Waals surface area contributed by atoms with Crippen molar-refractivity contribution in [2.24, 2.45) is 0 Å². The molecule has 1 aromatic heterocycles. The van der Waals surface area contributed by atoms with E-state index in [0.717, 1.165) is 24.3 Å².